The van der Waals surface area contributed by atoms with Crippen molar-refractivity contribution in [3.63, 3.8) is 0 Å². The average molecular weight is 409 g/mol. The van der Waals surface area contributed by atoms with Gasteiger partial charge in [-0.2, -0.15) is 23.0 Å². The number of hydrogen-bond acceptors (Lipinski definition) is 3. The lowest BCUT2D eigenvalue weighted by Crippen LogP contribution is -2.28. The summed E-state index contributed by atoms with van der Waals surface area (Å²) in [5.74, 6) is -0.584. The summed E-state index contributed by atoms with van der Waals surface area (Å²) in [5, 5.41) is 3.46. The summed E-state index contributed by atoms with van der Waals surface area (Å²) in [5.41, 5.74) is -3.07. The highest BCUT2D eigenvalue weighted by molar-refractivity contribution is 9.10. The van der Waals surface area contributed by atoms with E-state index >= 15 is 0 Å². The fourth-order valence-corrected chi connectivity index (χ4v) is 2.43. The van der Waals surface area contributed by atoms with Gasteiger partial charge in [-0.15, -0.1) is 0 Å². The van der Waals surface area contributed by atoms with E-state index in [1.54, 1.807) is 13.8 Å². The largest absolute Gasteiger partial charge is 0.490 e. The van der Waals surface area contributed by atoms with E-state index < -0.39 is 28.7 Å². The molecule has 0 spiro atoms. The van der Waals surface area contributed by atoms with Gasteiger partial charge in [-0.25, -0.2) is 4.39 Å². The molecule has 0 aliphatic rings. The molecule has 2 aromatic rings. The van der Waals surface area contributed by atoms with Crippen LogP contribution in [0.4, 0.5) is 17.6 Å². The van der Waals surface area contributed by atoms with Gasteiger partial charge in [0, 0.05) is 11.6 Å². The molecule has 0 N–H and O–H groups in total. The quantitative estimate of drug-likeness (QED) is 0.713. The molecule has 0 amide bonds. The monoisotopic (exact) mass is 408 g/mol. The van der Waals surface area contributed by atoms with Crippen LogP contribution in [0.2, 0.25) is 0 Å². The molecule has 0 saturated carbocycles. The zero-order valence-electron chi connectivity index (χ0n) is 12.9. The highest BCUT2D eigenvalue weighted by atomic mass is 79.9. The highest BCUT2D eigenvalue weighted by Gasteiger charge is 2.34. The number of benzene rings is 1. The third-order valence-electron chi connectivity index (χ3n) is 3.12. The summed E-state index contributed by atoms with van der Waals surface area (Å²) >= 11 is 3.13. The first-order chi connectivity index (χ1) is 11.0. The predicted octanol–water partition coefficient (Wildman–Crippen LogP) is 4.25. The van der Waals surface area contributed by atoms with Gasteiger partial charge in [0.25, 0.3) is 5.56 Å². The Morgan fingerprint density at radius 3 is 2.46 bits per heavy atom. The second-order valence-electron chi connectivity index (χ2n) is 5.30. The van der Waals surface area contributed by atoms with Gasteiger partial charge in [0.05, 0.1) is 22.3 Å². The normalized spacial score (nSPS) is 11.9. The summed E-state index contributed by atoms with van der Waals surface area (Å²) in [6.45, 7) is 4.52. The highest BCUT2D eigenvalue weighted by Crippen LogP contribution is 2.32. The molecule has 2 rings (SSSR count). The molecule has 4 nitrogen and oxygen atoms in total. The van der Waals surface area contributed by atoms with Gasteiger partial charge in [-0.05, 0) is 42.8 Å². The van der Waals surface area contributed by atoms with Crippen LogP contribution in [0.3, 0.4) is 0 Å². The van der Waals surface area contributed by atoms with Gasteiger partial charge in [0.15, 0.2) is 0 Å². The van der Waals surface area contributed by atoms with E-state index in [9.17, 15) is 22.4 Å². The summed E-state index contributed by atoms with van der Waals surface area (Å²) < 4.78 is 59.0. The summed E-state index contributed by atoms with van der Waals surface area (Å²) in [6, 6.07) is 2.27. The van der Waals surface area contributed by atoms with Crippen LogP contribution in [0.15, 0.2) is 27.6 Å². The maximum atomic E-state index is 14.2. The van der Waals surface area contributed by atoms with Gasteiger partial charge in [0.1, 0.15) is 17.3 Å². The van der Waals surface area contributed by atoms with Crippen molar-refractivity contribution in [1.82, 2.24) is 9.78 Å². The molecule has 0 atom stereocenters. The van der Waals surface area contributed by atoms with Crippen molar-refractivity contribution in [3.8, 4) is 11.4 Å². The molecule has 130 valence electrons. The summed E-state index contributed by atoms with van der Waals surface area (Å²) in [7, 11) is 0. The molecule has 1 aromatic carbocycles. The maximum Gasteiger partial charge on any atom is 0.418 e. The van der Waals surface area contributed by atoms with Gasteiger partial charge in [0.2, 0.25) is 0 Å². The van der Waals surface area contributed by atoms with Crippen molar-refractivity contribution in [2.45, 2.75) is 33.1 Å². The van der Waals surface area contributed by atoms with Crippen LogP contribution in [0.5, 0.6) is 5.75 Å². The molecular weight excluding hydrogens is 396 g/mol. The fraction of sp³-hybridized carbons (Fsp3) is 0.333. The minimum Gasteiger partial charge on any atom is -0.490 e. The van der Waals surface area contributed by atoms with Crippen molar-refractivity contribution < 1.29 is 22.3 Å². The molecule has 24 heavy (non-hydrogen) atoms. The van der Waals surface area contributed by atoms with E-state index in [-0.39, 0.29) is 17.5 Å². The summed E-state index contributed by atoms with van der Waals surface area (Å²) in [6.07, 6.45) is -4.43. The molecule has 0 unspecified atom stereocenters. The minimum absolute atomic E-state index is 0.223. The molecule has 0 saturated heterocycles. The van der Waals surface area contributed by atoms with Crippen LogP contribution in [0.1, 0.15) is 25.0 Å². The SMILES string of the molecule is Cc1c(C(F)(F)F)cnn(-c2cc(OC(C)C)c(Br)cc2F)c1=O. The lowest BCUT2D eigenvalue weighted by molar-refractivity contribution is -0.138. The first-order valence-corrected chi connectivity index (χ1v) is 7.64. The number of ether oxygens (including phenoxy) is 1. The van der Waals surface area contributed by atoms with Crippen LogP contribution >= 0.6 is 15.9 Å². The van der Waals surface area contributed by atoms with Crippen molar-refractivity contribution in [2.75, 3.05) is 0 Å². The molecule has 9 heteroatoms. The van der Waals surface area contributed by atoms with Crippen molar-refractivity contribution in [3.05, 3.63) is 50.1 Å². The number of nitrogens with zero attached hydrogens (tertiary/aromatic N) is 2. The molecule has 0 radical (unpaired) electrons. The number of hydrogen-bond donors (Lipinski definition) is 0. The Morgan fingerprint density at radius 2 is 1.92 bits per heavy atom. The van der Waals surface area contributed by atoms with Gasteiger partial charge >= 0.3 is 6.18 Å². The molecule has 0 aliphatic carbocycles. The van der Waals surface area contributed by atoms with Gasteiger partial charge in [-0.3, -0.25) is 4.79 Å². The average Bonchev–Trinajstić information content (AvgIpc) is 2.43. The number of rotatable bonds is 3. The van der Waals surface area contributed by atoms with Gasteiger partial charge in [-0.1, -0.05) is 0 Å². The fourth-order valence-electron chi connectivity index (χ4n) is 2.02. The van der Waals surface area contributed by atoms with Crippen LogP contribution in [0.25, 0.3) is 5.69 Å². The van der Waals surface area contributed by atoms with E-state index in [0.29, 0.717) is 15.4 Å². The Balaban J connectivity index is 2.65. The van der Waals surface area contributed by atoms with E-state index in [2.05, 4.69) is 21.0 Å². The zero-order chi connectivity index (χ0) is 18.2. The first kappa shape index (κ1) is 18.4. The summed E-state index contributed by atoms with van der Waals surface area (Å²) in [4.78, 5) is 12.2. The number of alkyl halides is 3. The van der Waals surface area contributed by atoms with E-state index in [0.717, 1.165) is 13.0 Å². The maximum absolute atomic E-state index is 14.2. The predicted molar refractivity (Wildman–Crippen MR) is 83.0 cm³/mol. The second-order valence-corrected chi connectivity index (χ2v) is 6.15. The first-order valence-electron chi connectivity index (χ1n) is 6.84. The van der Waals surface area contributed by atoms with Crippen molar-refractivity contribution >= 4 is 15.9 Å². The van der Waals surface area contributed by atoms with E-state index in [1.165, 1.54) is 6.07 Å². The molecule has 0 bridgehead atoms. The third-order valence-corrected chi connectivity index (χ3v) is 3.74. The second kappa shape index (κ2) is 6.54. The number of aromatic nitrogens is 2. The lowest BCUT2D eigenvalue weighted by atomic mass is 10.2. The van der Waals surface area contributed by atoms with Crippen LogP contribution in [-0.4, -0.2) is 15.9 Å². The Morgan fingerprint density at radius 1 is 1.29 bits per heavy atom. The third kappa shape index (κ3) is 3.61. The molecule has 1 heterocycles. The van der Waals surface area contributed by atoms with Crippen LogP contribution in [0, 0.1) is 12.7 Å². The Kier molecular flexibility index (Phi) is 5.03. The van der Waals surface area contributed by atoms with E-state index in [1.807, 2.05) is 0 Å². The number of halogens is 5. The van der Waals surface area contributed by atoms with E-state index in [4.69, 9.17) is 4.74 Å². The topological polar surface area (TPSA) is 44.1 Å². The lowest BCUT2D eigenvalue weighted by Gasteiger charge is -2.15. The van der Waals surface area contributed by atoms with Crippen LogP contribution in [-0.2, 0) is 6.18 Å². The molecule has 1 aromatic heterocycles. The van der Waals surface area contributed by atoms with Crippen LogP contribution < -0.4 is 10.3 Å². The zero-order valence-corrected chi connectivity index (χ0v) is 14.5. The molecule has 0 fully saturated rings. The Labute approximate surface area is 143 Å². The van der Waals surface area contributed by atoms with Gasteiger partial charge < -0.3 is 4.74 Å². The standard InChI is InChI=1S/C15H13BrF4N2O2/c1-7(2)24-13-5-12(11(17)4-10(13)16)22-14(23)8(3)9(6-21-22)15(18,19)20/h4-7H,1-3H3. The van der Waals surface area contributed by atoms with Crippen molar-refractivity contribution in [2.24, 2.45) is 0 Å². The Hall–Kier alpha value is -1.90. The molecule has 0 aliphatic heterocycles. The molecular formula is C15H13BrF4N2O2. The Bertz CT molecular complexity index is 831. The minimum atomic E-state index is -4.71. The van der Waals surface area contributed by atoms with Crippen molar-refractivity contribution in [1.29, 1.82) is 0 Å². The smallest absolute Gasteiger partial charge is 0.418 e.